The first-order valence-electron chi connectivity index (χ1n) is 12.3. The van der Waals surface area contributed by atoms with Crippen molar-refractivity contribution in [3.05, 3.63) is 65.7 Å². The van der Waals surface area contributed by atoms with Gasteiger partial charge in [0.1, 0.15) is 25.7 Å². The van der Waals surface area contributed by atoms with E-state index in [1.165, 1.54) is 7.11 Å². The minimum Gasteiger partial charge on any atom is -0.480 e. The predicted molar refractivity (Wildman–Crippen MR) is 143 cm³/mol. The number of nitrogens with zero attached hydrogens (tertiary/aromatic N) is 1. The fraction of sp³-hybridized carbons (Fsp3) is 0.393. The highest BCUT2D eigenvalue weighted by Crippen LogP contribution is 2.20. The largest absolute Gasteiger partial charge is 0.480 e. The van der Waals surface area contributed by atoms with Gasteiger partial charge in [-0.3, -0.25) is 19.7 Å². The Labute approximate surface area is 227 Å². The van der Waals surface area contributed by atoms with Crippen molar-refractivity contribution in [2.45, 2.75) is 46.3 Å². The summed E-state index contributed by atoms with van der Waals surface area (Å²) in [6.07, 6.45) is -0.515. The lowest BCUT2D eigenvalue weighted by molar-refractivity contribution is -0.148. The van der Waals surface area contributed by atoms with E-state index in [1.54, 1.807) is 24.3 Å². The molecule has 2 rings (SSSR count). The van der Waals surface area contributed by atoms with Gasteiger partial charge in [-0.15, -0.1) is 0 Å². The minimum absolute atomic E-state index is 0.0498. The molecule has 0 radical (unpaired) electrons. The first kappa shape index (κ1) is 30.8. The highest BCUT2D eigenvalue weighted by molar-refractivity contribution is 5.90. The summed E-state index contributed by atoms with van der Waals surface area (Å²) in [5, 5.41) is 14.3. The van der Waals surface area contributed by atoms with Crippen LogP contribution in [0.3, 0.4) is 0 Å². The van der Waals surface area contributed by atoms with Crippen LogP contribution in [0.5, 0.6) is 0 Å². The van der Waals surface area contributed by atoms with E-state index in [2.05, 4.69) is 10.6 Å². The molecule has 3 amide bonds. The molecule has 0 aliphatic rings. The zero-order chi connectivity index (χ0) is 29.0. The van der Waals surface area contributed by atoms with Crippen LogP contribution in [0, 0.1) is 5.41 Å². The Morgan fingerprint density at radius 2 is 1.56 bits per heavy atom. The highest BCUT2D eigenvalue weighted by Gasteiger charge is 2.27. The molecule has 39 heavy (non-hydrogen) atoms. The van der Waals surface area contributed by atoms with Gasteiger partial charge in [0.05, 0.1) is 7.11 Å². The van der Waals surface area contributed by atoms with Crippen molar-refractivity contribution < 1.29 is 38.6 Å². The first-order valence-corrected chi connectivity index (χ1v) is 12.3. The summed E-state index contributed by atoms with van der Waals surface area (Å²) in [5.41, 5.74) is 1.57. The third-order valence-electron chi connectivity index (χ3n) is 5.37. The fourth-order valence-electron chi connectivity index (χ4n) is 3.55. The third kappa shape index (κ3) is 11.7. The van der Waals surface area contributed by atoms with Gasteiger partial charge in [-0.1, -0.05) is 63.2 Å². The Hall–Kier alpha value is -4.41. The van der Waals surface area contributed by atoms with E-state index in [1.807, 2.05) is 51.1 Å². The van der Waals surface area contributed by atoms with Gasteiger partial charge >= 0.3 is 18.0 Å². The number of carbonyl (C=O) groups excluding carboxylic acids is 4. The van der Waals surface area contributed by atoms with Gasteiger partial charge in [0, 0.05) is 18.5 Å². The Kier molecular flexibility index (Phi) is 11.5. The van der Waals surface area contributed by atoms with Gasteiger partial charge in [0.2, 0.25) is 11.8 Å². The van der Waals surface area contributed by atoms with Crippen LogP contribution in [0.15, 0.2) is 54.6 Å². The zero-order valence-electron chi connectivity index (χ0n) is 22.6. The maximum absolute atomic E-state index is 12.7. The molecule has 0 saturated carbocycles. The average Bonchev–Trinajstić information content (AvgIpc) is 2.86. The summed E-state index contributed by atoms with van der Waals surface area (Å²) in [6.45, 7) is 4.43. The molecule has 1 atom stereocenters. The summed E-state index contributed by atoms with van der Waals surface area (Å²) < 4.78 is 10.00. The van der Waals surface area contributed by atoms with Gasteiger partial charge in [0.15, 0.2) is 0 Å². The fourth-order valence-corrected chi connectivity index (χ4v) is 3.55. The number of benzene rings is 2. The van der Waals surface area contributed by atoms with Crippen LogP contribution < -0.4 is 10.6 Å². The third-order valence-corrected chi connectivity index (χ3v) is 5.37. The van der Waals surface area contributed by atoms with Crippen molar-refractivity contribution >= 4 is 35.5 Å². The number of nitrogens with one attached hydrogen (secondary N) is 2. The van der Waals surface area contributed by atoms with Crippen LogP contribution in [0.2, 0.25) is 0 Å². The number of aliphatic carboxylic acids is 1. The lowest BCUT2D eigenvalue weighted by Gasteiger charge is -2.26. The van der Waals surface area contributed by atoms with E-state index in [-0.39, 0.29) is 19.4 Å². The zero-order valence-corrected chi connectivity index (χ0v) is 22.6. The number of rotatable bonds is 12. The van der Waals surface area contributed by atoms with E-state index >= 15 is 0 Å². The van der Waals surface area contributed by atoms with E-state index in [4.69, 9.17) is 9.47 Å². The SMILES string of the molecule is COC(=O)[C@H](Cc1ccc(NC(=O)OCc2ccccc2)cc1)NC(=O)CN(CC(=O)O)C(=O)CC(C)(C)C. The second-order valence-electron chi connectivity index (χ2n) is 10.1. The molecule has 11 nitrogen and oxygen atoms in total. The summed E-state index contributed by atoms with van der Waals surface area (Å²) in [6, 6.07) is 14.7. The molecule has 0 spiro atoms. The quantitative estimate of drug-likeness (QED) is 0.347. The Morgan fingerprint density at radius 3 is 2.13 bits per heavy atom. The van der Waals surface area contributed by atoms with Crippen molar-refractivity contribution in [2.24, 2.45) is 5.41 Å². The van der Waals surface area contributed by atoms with Gasteiger partial charge < -0.3 is 24.8 Å². The van der Waals surface area contributed by atoms with Crippen molar-refractivity contribution in [3.63, 3.8) is 0 Å². The van der Waals surface area contributed by atoms with Gasteiger partial charge in [-0.2, -0.15) is 0 Å². The number of amides is 3. The molecular weight excluding hydrogens is 506 g/mol. The summed E-state index contributed by atoms with van der Waals surface area (Å²) >= 11 is 0. The predicted octanol–water partition coefficient (Wildman–Crippen LogP) is 2.99. The number of esters is 1. The average molecular weight is 542 g/mol. The summed E-state index contributed by atoms with van der Waals surface area (Å²) in [4.78, 5) is 61.9. The molecule has 3 N–H and O–H groups in total. The van der Waals surface area contributed by atoms with Crippen molar-refractivity contribution in [3.8, 4) is 0 Å². The molecule has 2 aromatic rings. The Balaban J connectivity index is 1.98. The number of hydrogen-bond acceptors (Lipinski definition) is 7. The normalized spacial score (nSPS) is 11.6. The summed E-state index contributed by atoms with van der Waals surface area (Å²) in [7, 11) is 1.18. The highest BCUT2D eigenvalue weighted by atomic mass is 16.5. The molecule has 0 bridgehead atoms. The molecule has 0 unspecified atom stereocenters. The second-order valence-corrected chi connectivity index (χ2v) is 10.1. The molecule has 0 fully saturated rings. The monoisotopic (exact) mass is 541 g/mol. The van der Waals surface area contributed by atoms with Gasteiger partial charge in [0.25, 0.3) is 0 Å². The van der Waals surface area contributed by atoms with Crippen LogP contribution in [0.4, 0.5) is 10.5 Å². The van der Waals surface area contributed by atoms with E-state index in [0.717, 1.165) is 10.5 Å². The van der Waals surface area contributed by atoms with E-state index in [9.17, 15) is 29.1 Å². The number of carbonyl (C=O) groups is 5. The summed E-state index contributed by atoms with van der Waals surface area (Å²) in [5.74, 6) is -3.15. The first-order chi connectivity index (χ1) is 18.4. The van der Waals surface area contributed by atoms with Crippen LogP contribution in [-0.2, 0) is 41.7 Å². The smallest absolute Gasteiger partial charge is 0.411 e. The molecule has 0 aromatic heterocycles. The Bertz CT molecular complexity index is 1140. The van der Waals surface area contributed by atoms with Gasteiger partial charge in [-0.05, 0) is 28.7 Å². The molecule has 2 aromatic carbocycles. The van der Waals surface area contributed by atoms with Crippen LogP contribution in [-0.4, -0.2) is 66.1 Å². The standard InChI is InChI=1S/C28H35N3O8/c1-28(2,3)15-24(33)31(17-25(34)35)16-23(32)30-22(26(36)38-4)14-19-10-12-21(13-11-19)29-27(37)39-18-20-8-6-5-7-9-20/h5-13,22H,14-18H2,1-4H3,(H,29,37)(H,30,32)(H,34,35)/t22-/m0/s1. The molecule has 0 saturated heterocycles. The topological polar surface area (TPSA) is 151 Å². The molecule has 210 valence electrons. The molecular formula is C28H35N3O8. The van der Waals surface area contributed by atoms with E-state index in [0.29, 0.717) is 11.3 Å². The van der Waals surface area contributed by atoms with Crippen molar-refractivity contribution in [1.82, 2.24) is 10.2 Å². The van der Waals surface area contributed by atoms with Gasteiger partial charge in [-0.25, -0.2) is 9.59 Å². The number of hydrogen-bond donors (Lipinski definition) is 3. The maximum atomic E-state index is 12.7. The molecule has 11 heteroatoms. The number of anilines is 1. The number of carboxylic acid groups (broad SMARTS) is 1. The molecule has 0 heterocycles. The van der Waals surface area contributed by atoms with Crippen molar-refractivity contribution in [2.75, 3.05) is 25.5 Å². The lowest BCUT2D eigenvalue weighted by Crippen LogP contribution is -2.49. The number of ether oxygens (including phenoxy) is 2. The van der Waals surface area contributed by atoms with Crippen molar-refractivity contribution in [1.29, 1.82) is 0 Å². The molecule has 0 aliphatic carbocycles. The maximum Gasteiger partial charge on any atom is 0.411 e. The lowest BCUT2D eigenvalue weighted by atomic mass is 9.91. The van der Waals surface area contributed by atoms with E-state index < -0.39 is 54.4 Å². The number of carboxylic acids is 1. The molecule has 0 aliphatic heterocycles. The number of methoxy groups -OCH3 is 1. The van der Waals surface area contributed by atoms with Crippen LogP contribution >= 0.6 is 0 Å². The van der Waals surface area contributed by atoms with Crippen LogP contribution in [0.25, 0.3) is 0 Å². The Morgan fingerprint density at radius 1 is 0.923 bits per heavy atom. The minimum atomic E-state index is -1.26. The van der Waals surface area contributed by atoms with Crippen LogP contribution in [0.1, 0.15) is 38.3 Å². The second kappa shape index (κ2) is 14.5.